The molecule has 0 radical (unpaired) electrons. The van der Waals surface area contributed by atoms with Gasteiger partial charge in [-0.05, 0) is 58.9 Å². The first-order valence-corrected chi connectivity index (χ1v) is 9.26. The molecule has 0 N–H and O–H groups in total. The molecule has 0 saturated heterocycles. The third-order valence-corrected chi connectivity index (χ3v) is 4.86. The van der Waals surface area contributed by atoms with E-state index in [0.29, 0.717) is 11.8 Å². The van der Waals surface area contributed by atoms with Crippen LogP contribution in [0.5, 0.6) is 0 Å². The van der Waals surface area contributed by atoms with E-state index in [0.717, 1.165) is 12.8 Å². The lowest BCUT2D eigenvalue weighted by molar-refractivity contribution is 0.736. The van der Waals surface area contributed by atoms with E-state index in [1.807, 2.05) is 0 Å². The Morgan fingerprint density at radius 2 is 1.57 bits per heavy atom. The minimum absolute atomic E-state index is 0.574. The highest BCUT2D eigenvalue weighted by Crippen LogP contribution is 2.27. The van der Waals surface area contributed by atoms with Gasteiger partial charge in [0.2, 0.25) is 0 Å². The fraction of sp³-hybridized carbons (Fsp3) is 0.478. The molecule has 0 aliphatic rings. The van der Waals surface area contributed by atoms with E-state index in [1.165, 1.54) is 40.7 Å². The zero-order valence-electron chi connectivity index (χ0n) is 15.5. The Hall–Kier alpha value is -1.56. The molecule has 0 saturated carbocycles. The maximum Gasteiger partial charge on any atom is -0.0147 e. The number of benzene rings is 2. The summed E-state index contributed by atoms with van der Waals surface area (Å²) in [4.78, 5) is 0. The highest BCUT2D eigenvalue weighted by molar-refractivity contribution is 5.37. The van der Waals surface area contributed by atoms with Crippen molar-refractivity contribution in [1.29, 1.82) is 0 Å². The topological polar surface area (TPSA) is 0 Å². The van der Waals surface area contributed by atoms with Crippen LogP contribution in [0.2, 0.25) is 0 Å². The summed E-state index contributed by atoms with van der Waals surface area (Å²) in [7, 11) is 0. The summed E-state index contributed by atoms with van der Waals surface area (Å²) in [5.41, 5.74) is 7.56. The van der Waals surface area contributed by atoms with Crippen LogP contribution in [0, 0.1) is 0 Å². The van der Waals surface area contributed by atoms with E-state index < -0.39 is 0 Å². The summed E-state index contributed by atoms with van der Waals surface area (Å²) in [6, 6.07) is 16.1. The second kappa shape index (κ2) is 8.34. The number of rotatable bonds is 7. The SMILES string of the molecule is CCCc1ccccc1C(C)Cc1ccc(CC)c(C(C)C)c1. The second-order valence-corrected chi connectivity index (χ2v) is 7.10. The molecule has 0 heteroatoms. The van der Waals surface area contributed by atoms with Crippen LogP contribution < -0.4 is 0 Å². The molecule has 2 aromatic rings. The summed E-state index contributed by atoms with van der Waals surface area (Å²) in [6.45, 7) is 11.5. The summed E-state index contributed by atoms with van der Waals surface area (Å²) in [5.74, 6) is 1.18. The Labute approximate surface area is 143 Å². The zero-order chi connectivity index (χ0) is 16.8. The molecule has 1 unspecified atom stereocenters. The maximum atomic E-state index is 2.45. The Bertz CT molecular complexity index is 622. The minimum atomic E-state index is 0.574. The average molecular weight is 309 g/mol. The van der Waals surface area contributed by atoms with Crippen molar-refractivity contribution in [3.05, 3.63) is 70.3 Å². The second-order valence-electron chi connectivity index (χ2n) is 7.10. The van der Waals surface area contributed by atoms with Gasteiger partial charge in [-0.15, -0.1) is 0 Å². The Morgan fingerprint density at radius 1 is 0.826 bits per heavy atom. The molecule has 0 aromatic heterocycles. The van der Waals surface area contributed by atoms with Gasteiger partial charge in [-0.1, -0.05) is 83.5 Å². The molecule has 0 fully saturated rings. The Morgan fingerprint density at radius 3 is 2.22 bits per heavy atom. The van der Waals surface area contributed by atoms with Crippen LogP contribution in [0.1, 0.15) is 80.7 Å². The lowest BCUT2D eigenvalue weighted by Gasteiger charge is -2.19. The van der Waals surface area contributed by atoms with Crippen molar-refractivity contribution in [2.24, 2.45) is 0 Å². The van der Waals surface area contributed by atoms with Crippen molar-refractivity contribution in [3.63, 3.8) is 0 Å². The summed E-state index contributed by atoms with van der Waals surface area (Å²) in [6.07, 6.45) is 4.66. The van der Waals surface area contributed by atoms with Gasteiger partial charge in [0.15, 0.2) is 0 Å². The van der Waals surface area contributed by atoms with Gasteiger partial charge in [-0.3, -0.25) is 0 Å². The van der Waals surface area contributed by atoms with E-state index in [4.69, 9.17) is 0 Å². The first-order chi connectivity index (χ1) is 11.1. The van der Waals surface area contributed by atoms with Gasteiger partial charge in [0.1, 0.15) is 0 Å². The largest absolute Gasteiger partial charge is 0.0651 e. The summed E-state index contributed by atoms with van der Waals surface area (Å²) >= 11 is 0. The third kappa shape index (κ3) is 4.47. The molecule has 0 aliphatic heterocycles. The van der Waals surface area contributed by atoms with Crippen molar-refractivity contribution in [2.75, 3.05) is 0 Å². The normalized spacial score (nSPS) is 12.6. The fourth-order valence-electron chi connectivity index (χ4n) is 3.61. The van der Waals surface area contributed by atoms with Crippen LogP contribution in [-0.2, 0) is 19.3 Å². The molecule has 0 bridgehead atoms. The molecule has 2 aromatic carbocycles. The van der Waals surface area contributed by atoms with Crippen molar-refractivity contribution >= 4 is 0 Å². The van der Waals surface area contributed by atoms with E-state index in [-0.39, 0.29) is 0 Å². The van der Waals surface area contributed by atoms with Gasteiger partial charge in [0, 0.05) is 0 Å². The summed E-state index contributed by atoms with van der Waals surface area (Å²) < 4.78 is 0. The number of aryl methyl sites for hydroxylation is 2. The molecule has 23 heavy (non-hydrogen) atoms. The van der Waals surface area contributed by atoms with Crippen molar-refractivity contribution in [2.45, 2.75) is 72.1 Å². The highest BCUT2D eigenvalue weighted by Gasteiger charge is 2.13. The van der Waals surface area contributed by atoms with Crippen LogP contribution in [0.25, 0.3) is 0 Å². The van der Waals surface area contributed by atoms with Gasteiger partial charge in [0.05, 0.1) is 0 Å². The van der Waals surface area contributed by atoms with Gasteiger partial charge >= 0.3 is 0 Å². The predicted molar refractivity (Wildman–Crippen MR) is 102 cm³/mol. The third-order valence-electron chi connectivity index (χ3n) is 4.86. The summed E-state index contributed by atoms with van der Waals surface area (Å²) in [5, 5.41) is 0. The molecule has 2 rings (SSSR count). The van der Waals surface area contributed by atoms with Gasteiger partial charge < -0.3 is 0 Å². The molecular weight excluding hydrogens is 276 g/mol. The predicted octanol–water partition coefficient (Wildman–Crippen LogP) is 6.67. The van der Waals surface area contributed by atoms with Crippen molar-refractivity contribution in [1.82, 2.24) is 0 Å². The quantitative estimate of drug-likeness (QED) is 0.535. The Balaban J connectivity index is 2.23. The van der Waals surface area contributed by atoms with Crippen molar-refractivity contribution < 1.29 is 0 Å². The maximum absolute atomic E-state index is 2.45. The van der Waals surface area contributed by atoms with E-state index >= 15 is 0 Å². The standard InChI is InChI=1S/C23H32/c1-6-10-21-11-8-9-12-22(21)18(5)15-19-13-14-20(7-2)23(16-19)17(3)4/h8-9,11-14,16-18H,6-7,10,15H2,1-5H3. The van der Waals surface area contributed by atoms with E-state index in [9.17, 15) is 0 Å². The van der Waals surface area contributed by atoms with Crippen LogP contribution >= 0.6 is 0 Å². The van der Waals surface area contributed by atoms with Crippen LogP contribution in [0.3, 0.4) is 0 Å². The molecule has 0 heterocycles. The first kappa shape index (κ1) is 17.8. The smallest absolute Gasteiger partial charge is 0.0147 e. The molecule has 0 aliphatic carbocycles. The van der Waals surface area contributed by atoms with E-state index in [1.54, 1.807) is 0 Å². The molecule has 0 amide bonds. The van der Waals surface area contributed by atoms with Gasteiger partial charge in [-0.2, -0.15) is 0 Å². The molecule has 0 spiro atoms. The molecule has 1 atom stereocenters. The Kier molecular flexibility index (Phi) is 6.45. The lowest BCUT2D eigenvalue weighted by atomic mass is 9.86. The molecule has 124 valence electrons. The van der Waals surface area contributed by atoms with Crippen LogP contribution in [0.4, 0.5) is 0 Å². The number of hydrogen-bond acceptors (Lipinski definition) is 0. The van der Waals surface area contributed by atoms with Gasteiger partial charge in [0.25, 0.3) is 0 Å². The van der Waals surface area contributed by atoms with Crippen molar-refractivity contribution in [3.8, 4) is 0 Å². The lowest BCUT2D eigenvalue weighted by Crippen LogP contribution is -2.04. The average Bonchev–Trinajstić information content (AvgIpc) is 2.55. The monoisotopic (exact) mass is 308 g/mol. The minimum Gasteiger partial charge on any atom is -0.0651 e. The van der Waals surface area contributed by atoms with Gasteiger partial charge in [-0.25, -0.2) is 0 Å². The van der Waals surface area contributed by atoms with Crippen LogP contribution in [0.15, 0.2) is 42.5 Å². The first-order valence-electron chi connectivity index (χ1n) is 9.26. The van der Waals surface area contributed by atoms with Crippen LogP contribution in [-0.4, -0.2) is 0 Å². The molecule has 0 nitrogen and oxygen atoms in total. The highest BCUT2D eigenvalue weighted by atomic mass is 14.2. The zero-order valence-corrected chi connectivity index (χ0v) is 15.5. The number of hydrogen-bond donors (Lipinski definition) is 0. The fourth-order valence-corrected chi connectivity index (χ4v) is 3.61. The van der Waals surface area contributed by atoms with E-state index in [2.05, 4.69) is 77.1 Å². The molecular formula is C23H32.